The van der Waals surface area contributed by atoms with Crippen LogP contribution in [0.15, 0.2) is 42.5 Å². The monoisotopic (exact) mass is 396 g/mol. The largest absolute Gasteiger partial charge is 0.416 e. The zero-order valence-electron chi connectivity index (χ0n) is 17.1. The van der Waals surface area contributed by atoms with Gasteiger partial charge in [-0.1, -0.05) is 18.2 Å². The molecule has 150 valence electrons. The number of allylic oxidation sites excluding steroid dienone is 2. The van der Waals surface area contributed by atoms with Gasteiger partial charge in [0.25, 0.3) is 0 Å². The number of benzene rings is 2. The van der Waals surface area contributed by atoms with Crippen LogP contribution in [0.1, 0.15) is 48.6 Å². The highest BCUT2D eigenvalue weighted by atomic mass is 19.4. The van der Waals surface area contributed by atoms with Crippen molar-refractivity contribution in [3.8, 4) is 6.07 Å². The van der Waals surface area contributed by atoms with Crippen molar-refractivity contribution in [1.29, 1.82) is 5.26 Å². The smallest absolute Gasteiger partial charge is 0.365 e. The van der Waals surface area contributed by atoms with E-state index < -0.39 is 11.7 Å². The van der Waals surface area contributed by atoms with E-state index in [2.05, 4.69) is 50.9 Å². The third-order valence-corrected chi connectivity index (χ3v) is 5.55. The van der Waals surface area contributed by atoms with E-state index in [9.17, 15) is 18.4 Å². The van der Waals surface area contributed by atoms with Gasteiger partial charge in [-0.05, 0) is 80.3 Å². The molecule has 0 unspecified atom stereocenters. The molecule has 1 aliphatic heterocycles. The van der Waals surface area contributed by atoms with Crippen LogP contribution in [-0.4, -0.2) is 12.6 Å². The Morgan fingerprint density at radius 1 is 1.10 bits per heavy atom. The van der Waals surface area contributed by atoms with Crippen molar-refractivity contribution in [3.63, 3.8) is 0 Å². The molecule has 0 saturated carbocycles. The molecule has 0 atom stereocenters. The molecule has 2 aromatic carbocycles. The molecular formula is C24H23F3N2. The molecule has 29 heavy (non-hydrogen) atoms. The number of fused-ring (bicyclic) bond motifs is 1. The predicted molar refractivity (Wildman–Crippen MR) is 112 cm³/mol. The van der Waals surface area contributed by atoms with Crippen LogP contribution in [0, 0.1) is 18.3 Å². The summed E-state index contributed by atoms with van der Waals surface area (Å²) in [6.45, 7) is 8.35. The van der Waals surface area contributed by atoms with Crippen LogP contribution >= 0.6 is 0 Å². The van der Waals surface area contributed by atoms with Gasteiger partial charge in [0.2, 0.25) is 0 Å². The number of hydrogen-bond donors (Lipinski definition) is 0. The number of hydrogen-bond acceptors (Lipinski definition) is 2. The van der Waals surface area contributed by atoms with Gasteiger partial charge in [0, 0.05) is 18.3 Å². The third-order valence-electron chi connectivity index (χ3n) is 5.55. The van der Waals surface area contributed by atoms with Crippen LogP contribution in [0.25, 0.3) is 17.2 Å². The third kappa shape index (κ3) is 3.93. The summed E-state index contributed by atoms with van der Waals surface area (Å²) in [5.74, 6) is 0. The van der Waals surface area contributed by atoms with Gasteiger partial charge >= 0.3 is 6.18 Å². The summed E-state index contributed by atoms with van der Waals surface area (Å²) in [6.07, 6.45) is -0.446. The number of rotatable bonds is 2. The molecule has 1 heterocycles. The fourth-order valence-corrected chi connectivity index (χ4v) is 3.65. The second-order valence-corrected chi connectivity index (χ2v) is 8.01. The molecule has 5 heteroatoms. The minimum Gasteiger partial charge on any atom is -0.365 e. The number of nitrogens with zero attached hydrogens (tertiary/aromatic N) is 2. The van der Waals surface area contributed by atoms with Gasteiger partial charge in [0.05, 0.1) is 22.7 Å². The highest BCUT2D eigenvalue weighted by Gasteiger charge is 2.30. The standard InChI is InChI=1S/C24H23F3N2/c1-15-10-22-21(16(2)13-23(3,4)29(22)5)12-18(15)11-19(14-28)17-6-8-20(9-7-17)24(25,26)27/h6-13H,1-5H3/b19-11+. The molecule has 0 fully saturated rings. The highest BCUT2D eigenvalue weighted by Crippen LogP contribution is 2.40. The van der Waals surface area contributed by atoms with E-state index in [1.54, 1.807) is 6.08 Å². The normalized spacial score (nSPS) is 16.2. The minimum atomic E-state index is -4.40. The zero-order valence-corrected chi connectivity index (χ0v) is 17.1. The molecule has 0 amide bonds. The average Bonchev–Trinajstić information content (AvgIpc) is 2.64. The van der Waals surface area contributed by atoms with E-state index in [0.29, 0.717) is 11.1 Å². The molecule has 0 aliphatic carbocycles. The highest BCUT2D eigenvalue weighted by molar-refractivity contribution is 5.92. The SMILES string of the molecule is CC1=CC(C)(C)N(C)c2cc(C)c(/C=C(\C#N)c3ccc(C(F)(F)F)cc3)cc21. The Labute approximate surface area is 169 Å². The lowest BCUT2D eigenvalue weighted by Crippen LogP contribution is -2.42. The topological polar surface area (TPSA) is 27.0 Å². The van der Waals surface area contributed by atoms with Gasteiger partial charge in [-0.2, -0.15) is 18.4 Å². The van der Waals surface area contributed by atoms with Crippen LogP contribution in [-0.2, 0) is 6.18 Å². The Hall–Kier alpha value is -3.00. The first kappa shape index (κ1) is 20.7. The second kappa shape index (κ2) is 7.11. The van der Waals surface area contributed by atoms with Crippen molar-refractivity contribution >= 4 is 22.9 Å². The van der Waals surface area contributed by atoms with Crippen LogP contribution < -0.4 is 4.90 Å². The summed E-state index contributed by atoms with van der Waals surface area (Å²) >= 11 is 0. The van der Waals surface area contributed by atoms with E-state index >= 15 is 0 Å². The Morgan fingerprint density at radius 2 is 1.72 bits per heavy atom. The number of alkyl halides is 3. The summed E-state index contributed by atoms with van der Waals surface area (Å²) in [6, 6.07) is 11.0. The van der Waals surface area contributed by atoms with E-state index in [1.165, 1.54) is 12.1 Å². The van der Waals surface area contributed by atoms with Crippen LogP contribution in [0.3, 0.4) is 0 Å². The maximum Gasteiger partial charge on any atom is 0.416 e. The summed E-state index contributed by atoms with van der Waals surface area (Å²) in [5.41, 5.74) is 5.21. The van der Waals surface area contributed by atoms with E-state index in [1.807, 2.05) is 13.0 Å². The molecule has 0 bridgehead atoms. The summed E-state index contributed by atoms with van der Waals surface area (Å²) < 4.78 is 38.4. The van der Waals surface area contributed by atoms with Crippen molar-refractivity contribution in [2.24, 2.45) is 0 Å². The van der Waals surface area contributed by atoms with Gasteiger partial charge in [-0.15, -0.1) is 0 Å². The molecule has 0 N–H and O–H groups in total. The molecular weight excluding hydrogens is 373 g/mol. The second-order valence-electron chi connectivity index (χ2n) is 8.01. The van der Waals surface area contributed by atoms with Crippen molar-refractivity contribution in [3.05, 3.63) is 70.3 Å². The van der Waals surface area contributed by atoms with Gasteiger partial charge in [0.15, 0.2) is 0 Å². The Kier molecular flexibility index (Phi) is 5.08. The Morgan fingerprint density at radius 3 is 2.28 bits per heavy atom. The number of aryl methyl sites for hydroxylation is 1. The van der Waals surface area contributed by atoms with Crippen LogP contribution in [0.4, 0.5) is 18.9 Å². The van der Waals surface area contributed by atoms with Crippen molar-refractivity contribution in [2.45, 2.75) is 39.4 Å². The zero-order chi connectivity index (χ0) is 21.6. The van der Waals surface area contributed by atoms with E-state index in [4.69, 9.17) is 0 Å². The molecule has 0 saturated heterocycles. The lowest BCUT2D eigenvalue weighted by atomic mass is 9.87. The molecule has 3 rings (SSSR count). The van der Waals surface area contributed by atoms with Gasteiger partial charge < -0.3 is 4.90 Å². The maximum atomic E-state index is 12.8. The lowest BCUT2D eigenvalue weighted by Gasteiger charge is -2.41. The van der Waals surface area contributed by atoms with E-state index in [0.717, 1.165) is 40.1 Å². The molecule has 0 aromatic heterocycles. The molecule has 0 spiro atoms. The van der Waals surface area contributed by atoms with Crippen LogP contribution in [0.2, 0.25) is 0 Å². The van der Waals surface area contributed by atoms with Gasteiger partial charge in [-0.3, -0.25) is 0 Å². The summed E-state index contributed by atoms with van der Waals surface area (Å²) in [4.78, 5) is 2.22. The molecule has 2 aromatic rings. The van der Waals surface area contributed by atoms with E-state index in [-0.39, 0.29) is 5.54 Å². The first-order chi connectivity index (χ1) is 13.4. The lowest BCUT2D eigenvalue weighted by molar-refractivity contribution is -0.137. The fourth-order valence-electron chi connectivity index (χ4n) is 3.65. The Bertz CT molecular complexity index is 1050. The summed E-state index contributed by atoms with van der Waals surface area (Å²) in [7, 11) is 2.06. The van der Waals surface area contributed by atoms with Gasteiger partial charge in [-0.25, -0.2) is 0 Å². The molecule has 1 aliphatic rings. The fraction of sp³-hybridized carbons (Fsp3) is 0.292. The van der Waals surface area contributed by atoms with Gasteiger partial charge in [0.1, 0.15) is 0 Å². The molecule has 2 nitrogen and oxygen atoms in total. The predicted octanol–water partition coefficient (Wildman–Crippen LogP) is 6.71. The first-order valence-corrected chi connectivity index (χ1v) is 9.32. The summed E-state index contributed by atoms with van der Waals surface area (Å²) in [5, 5.41) is 9.60. The molecule has 0 radical (unpaired) electrons. The number of likely N-dealkylation sites (N-methyl/N-ethyl adjacent to an activating group) is 1. The first-order valence-electron chi connectivity index (χ1n) is 9.32. The van der Waals surface area contributed by atoms with Crippen molar-refractivity contribution < 1.29 is 13.2 Å². The quantitative estimate of drug-likeness (QED) is 0.417. The maximum absolute atomic E-state index is 12.8. The Balaban J connectivity index is 2.06. The number of anilines is 1. The van der Waals surface area contributed by atoms with Crippen molar-refractivity contribution in [1.82, 2.24) is 0 Å². The number of nitriles is 1. The minimum absolute atomic E-state index is 0.0983. The number of halogens is 3. The average molecular weight is 396 g/mol. The van der Waals surface area contributed by atoms with Crippen LogP contribution in [0.5, 0.6) is 0 Å². The van der Waals surface area contributed by atoms with Crippen molar-refractivity contribution in [2.75, 3.05) is 11.9 Å².